The van der Waals surface area contributed by atoms with Gasteiger partial charge in [0.15, 0.2) is 0 Å². The van der Waals surface area contributed by atoms with E-state index in [9.17, 15) is 4.79 Å². The second-order valence-corrected chi connectivity index (χ2v) is 8.68. The summed E-state index contributed by atoms with van der Waals surface area (Å²) in [7, 11) is 4.03. The van der Waals surface area contributed by atoms with Gasteiger partial charge in [0, 0.05) is 38.3 Å². The number of fused-ring (bicyclic) bond motifs is 1. The van der Waals surface area contributed by atoms with Crippen LogP contribution in [-0.2, 0) is 19.5 Å². The third kappa shape index (κ3) is 5.37. The zero-order valence-corrected chi connectivity index (χ0v) is 19.8. The molecule has 1 aromatic heterocycles. The first kappa shape index (κ1) is 22.9. The minimum atomic E-state index is -0.0745. The predicted octanol–water partition coefficient (Wildman–Crippen LogP) is 4.00. The highest BCUT2D eigenvalue weighted by Gasteiger charge is 2.28. The molecular weight excluding hydrogens is 414 g/mol. The van der Waals surface area contributed by atoms with E-state index < -0.39 is 0 Å². The fourth-order valence-corrected chi connectivity index (χ4v) is 4.21. The van der Waals surface area contributed by atoms with Crippen LogP contribution < -0.4 is 10.2 Å². The molecule has 1 aliphatic rings. The van der Waals surface area contributed by atoms with Crippen molar-refractivity contribution in [2.75, 3.05) is 45.2 Å². The Bertz CT molecular complexity index is 1060. The van der Waals surface area contributed by atoms with Gasteiger partial charge in [-0.15, -0.1) is 0 Å². The first-order valence-electron chi connectivity index (χ1n) is 11.6. The quantitative estimate of drug-likeness (QED) is 0.566. The monoisotopic (exact) mass is 447 g/mol. The summed E-state index contributed by atoms with van der Waals surface area (Å²) in [6.07, 6.45) is 0.956. The van der Waals surface area contributed by atoms with E-state index in [-0.39, 0.29) is 6.03 Å². The van der Waals surface area contributed by atoms with Crippen LogP contribution in [0.25, 0.3) is 11.3 Å². The van der Waals surface area contributed by atoms with Gasteiger partial charge in [0.05, 0.1) is 12.1 Å². The molecule has 174 valence electrons. The summed E-state index contributed by atoms with van der Waals surface area (Å²) in [5.41, 5.74) is 5.42. The zero-order chi connectivity index (χ0) is 23.2. The maximum Gasteiger partial charge on any atom is 0.317 e. The van der Waals surface area contributed by atoms with E-state index in [0.717, 1.165) is 48.8 Å². The molecule has 0 atom stereocenters. The number of benzene rings is 2. The SMILES string of the molecule is CCNC(=O)N(CCN(C)C)Cc1c(-c2ccccc2)noc1N1CCc2ccccc2C1. The third-order valence-corrected chi connectivity index (χ3v) is 6.01. The number of hydrogen-bond acceptors (Lipinski definition) is 5. The van der Waals surface area contributed by atoms with E-state index in [0.29, 0.717) is 19.6 Å². The number of amides is 2. The molecule has 1 aliphatic heterocycles. The minimum absolute atomic E-state index is 0.0745. The molecule has 3 aromatic rings. The summed E-state index contributed by atoms with van der Waals surface area (Å²) < 4.78 is 5.98. The number of carbonyl (C=O) groups excluding carboxylic acids is 1. The number of nitrogens with one attached hydrogen (secondary N) is 1. The maximum absolute atomic E-state index is 12.9. The van der Waals surface area contributed by atoms with Crippen LogP contribution in [0.5, 0.6) is 0 Å². The van der Waals surface area contributed by atoms with Gasteiger partial charge in [0.25, 0.3) is 0 Å². The number of urea groups is 1. The Morgan fingerprint density at radius 1 is 1.06 bits per heavy atom. The van der Waals surface area contributed by atoms with Gasteiger partial charge in [0.1, 0.15) is 5.69 Å². The smallest absolute Gasteiger partial charge is 0.317 e. The summed E-state index contributed by atoms with van der Waals surface area (Å²) in [5, 5.41) is 7.44. The van der Waals surface area contributed by atoms with Gasteiger partial charge < -0.3 is 24.5 Å². The molecule has 7 nitrogen and oxygen atoms in total. The molecule has 2 heterocycles. The largest absolute Gasteiger partial charge is 0.338 e. The lowest BCUT2D eigenvalue weighted by molar-refractivity contribution is 0.189. The van der Waals surface area contributed by atoms with Crippen molar-refractivity contribution >= 4 is 11.9 Å². The Balaban J connectivity index is 1.69. The Hall–Kier alpha value is -3.32. The fourth-order valence-electron chi connectivity index (χ4n) is 4.21. The molecule has 0 fully saturated rings. The lowest BCUT2D eigenvalue weighted by Crippen LogP contribution is -2.43. The van der Waals surface area contributed by atoms with Crippen LogP contribution in [0.15, 0.2) is 59.1 Å². The number of rotatable bonds is 8. The standard InChI is InChI=1S/C26H33N5O2/c1-4-27-26(32)31(17-16-29(2)3)19-23-24(21-11-6-5-7-12-21)28-33-25(23)30-15-14-20-10-8-9-13-22(20)18-30/h5-13H,4,14-19H2,1-3H3,(H,27,32). The minimum Gasteiger partial charge on any atom is -0.338 e. The molecule has 0 aliphatic carbocycles. The molecule has 1 N–H and O–H groups in total. The van der Waals surface area contributed by atoms with Crippen molar-refractivity contribution in [3.63, 3.8) is 0 Å². The number of aromatic nitrogens is 1. The maximum atomic E-state index is 12.9. The molecule has 7 heteroatoms. The molecule has 2 aromatic carbocycles. The number of hydrogen-bond donors (Lipinski definition) is 1. The van der Waals surface area contributed by atoms with Gasteiger partial charge in [-0.3, -0.25) is 0 Å². The second kappa shape index (κ2) is 10.5. The van der Waals surface area contributed by atoms with Crippen molar-refractivity contribution in [1.29, 1.82) is 0 Å². The highest BCUT2D eigenvalue weighted by atomic mass is 16.5. The van der Waals surface area contributed by atoms with Crippen molar-refractivity contribution < 1.29 is 9.32 Å². The number of nitrogens with zero attached hydrogens (tertiary/aromatic N) is 4. The zero-order valence-electron chi connectivity index (χ0n) is 19.8. The van der Waals surface area contributed by atoms with Crippen LogP contribution in [-0.4, -0.2) is 61.3 Å². The number of carbonyl (C=O) groups is 1. The van der Waals surface area contributed by atoms with E-state index in [1.54, 1.807) is 0 Å². The van der Waals surface area contributed by atoms with Crippen molar-refractivity contribution in [2.24, 2.45) is 0 Å². The molecule has 2 amide bonds. The first-order chi connectivity index (χ1) is 16.1. The molecule has 0 spiro atoms. The van der Waals surface area contributed by atoms with Crippen molar-refractivity contribution in [3.8, 4) is 11.3 Å². The lowest BCUT2D eigenvalue weighted by atomic mass is 9.99. The Morgan fingerprint density at radius 3 is 2.52 bits per heavy atom. The summed E-state index contributed by atoms with van der Waals surface area (Å²) in [5.74, 6) is 0.752. The van der Waals surface area contributed by atoms with Gasteiger partial charge in [0.2, 0.25) is 5.88 Å². The van der Waals surface area contributed by atoms with Crippen LogP contribution in [0.3, 0.4) is 0 Å². The molecule has 4 rings (SSSR count). The Morgan fingerprint density at radius 2 is 1.79 bits per heavy atom. The van der Waals surface area contributed by atoms with Crippen LogP contribution in [0.4, 0.5) is 10.7 Å². The van der Waals surface area contributed by atoms with Crippen LogP contribution in [0.1, 0.15) is 23.6 Å². The second-order valence-electron chi connectivity index (χ2n) is 8.68. The van der Waals surface area contributed by atoms with E-state index in [4.69, 9.17) is 4.52 Å². The highest BCUT2D eigenvalue weighted by Crippen LogP contribution is 2.35. The molecule has 0 saturated carbocycles. The van der Waals surface area contributed by atoms with Gasteiger partial charge >= 0.3 is 6.03 Å². The first-order valence-corrected chi connectivity index (χ1v) is 11.6. The van der Waals surface area contributed by atoms with E-state index in [1.807, 2.05) is 56.3 Å². The molecule has 0 saturated heterocycles. The van der Waals surface area contributed by atoms with Crippen LogP contribution in [0, 0.1) is 0 Å². The van der Waals surface area contributed by atoms with Crippen LogP contribution >= 0.6 is 0 Å². The lowest BCUT2D eigenvalue weighted by Gasteiger charge is -2.30. The Labute approximate surface area is 196 Å². The van der Waals surface area contributed by atoms with Gasteiger partial charge in [-0.1, -0.05) is 59.8 Å². The average Bonchev–Trinajstić information content (AvgIpc) is 3.25. The average molecular weight is 448 g/mol. The summed E-state index contributed by atoms with van der Waals surface area (Å²) in [6, 6.07) is 18.5. The number of likely N-dealkylation sites (N-methyl/N-ethyl adjacent to an activating group) is 1. The molecule has 0 unspecified atom stereocenters. The molecule has 0 bridgehead atoms. The predicted molar refractivity (Wildman–Crippen MR) is 131 cm³/mol. The van der Waals surface area contributed by atoms with Gasteiger partial charge in [-0.05, 0) is 38.6 Å². The summed E-state index contributed by atoms with van der Waals surface area (Å²) >= 11 is 0. The van der Waals surface area contributed by atoms with E-state index in [2.05, 4.69) is 44.5 Å². The van der Waals surface area contributed by atoms with Gasteiger partial charge in [-0.25, -0.2) is 4.79 Å². The molecule has 33 heavy (non-hydrogen) atoms. The van der Waals surface area contributed by atoms with Crippen molar-refractivity contribution in [2.45, 2.75) is 26.4 Å². The summed E-state index contributed by atoms with van der Waals surface area (Å²) in [6.45, 7) is 5.96. The van der Waals surface area contributed by atoms with E-state index in [1.165, 1.54) is 11.1 Å². The Kier molecular flexibility index (Phi) is 7.29. The number of anilines is 1. The molecular formula is C26H33N5O2. The topological polar surface area (TPSA) is 64.9 Å². The normalized spacial score (nSPS) is 13.2. The molecule has 0 radical (unpaired) electrons. The third-order valence-electron chi connectivity index (χ3n) is 6.01. The van der Waals surface area contributed by atoms with Crippen molar-refractivity contribution in [3.05, 3.63) is 71.3 Å². The summed E-state index contributed by atoms with van der Waals surface area (Å²) in [4.78, 5) is 19.1. The van der Waals surface area contributed by atoms with E-state index >= 15 is 0 Å². The van der Waals surface area contributed by atoms with Gasteiger partial charge in [-0.2, -0.15) is 0 Å². The van der Waals surface area contributed by atoms with Crippen LogP contribution in [0.2, 0.25) is 0 Å². The fraction of sp³-hybridized carbons (Fsp3) is 0.385. The van der Waals surface area contributed by atoms with Crippen molar-refractivity contribution in [1.82, 2.24) is 20.3 Å². The highest BCUT2D eigenvalue weighted by molar-refractivity contribution is 5.75.